The van der Waals surface area contributed by atoms with E-state index in [1.165, 1.54) is 12.1 Å². The van der Waals surface area contributed by atoms with Crippen LogP contribution in [0.3, 0.4) is 0 Å². The number of carbonyl (C=O) groups is 1. The third-order valence-electron chi connectivity index (χ3n) is 2.95. The predicted octanol–water partition coefficient (Wildman–Crippen LogP) is 2.06. The molecule has 2 unspecified atom stereocenters. The third-order valence-corrected chi connectivity index (χ3v) is 2.95. The molecule has 3 rings (SSSR count). The number of halogens is 1. The summed E-state index contributed by atoms with van der Waals surface area (Å²) < 4.78 is 18.1. The van der Waals surface area contributed by atoms with Crippen LogP contribution in [-0.4, -0.2) is 21.2 Å². The van der Waals surface area contributed by atoms with Gasteiger partial charge in [-0.25, -0.2) is 4.39 Å². The van der Waals surface area contributed by atoms with Crippen LogP contribution in [0, 0.1) is 11.7 Å². The highest BCUT2D eigenvalue weighted by atomic mass is 19.1. The van der Waals surface area contributed by atoms with Crippen molar-refractivity contribution in [3.05, 3.63) is 36.0 Å². The lowest BCUT2D eigenvalue weighted by Gasteiger charge is -1.92. The van der Waals surface area contributed by atoms with Gasteiger partial charge in [-0.05, 0) is 18.6 Å². The summed E-state index contributed by atoms with van der Waals surface area (Å²) in [6.07, 6.45) is 0.514. The summed E-state index contributed by atoms with van der Waals surface area (Å²) in [7, 11) is 0. The van der Waals surface area contributed by atoms with Crippen LogP contribution in [0.5, 0.6) is 0 Å². The fourth-order valence-corrected chi connectivity index (χ4v) is 1.87. The van der Waals surface area contributed by atoms with Gasteiger partial charge in [0.2, 0.25) is 11.7 Å². The molecule has 1 saturated carbocycles. The monoisotopic (exact) mass is 248 g/mol. The second-order valence-electron chi connectivity index (χ2n) is 4.25. The maximum absolute atomic E-state index is 13.0. The first-order valence-corrected chi connectivity index (χ1v) is 5.47. The zero-order valence-electron chi connectivity index (χ0n) is 9.21. The van der Waals surface area contributed by atoms with Gasteiger partial charge in [-0.15, -0.1) is 0 Å². The minimum atomic E-state index is -0.856. The Morgan fingerprint density at radius 2 is 2.33 bits per heavy atom. The topological polar surface area (TPSA) is 76.2 Å². The second-order valence-corrected chi connectivity index (χ2v) is 4.25. The molecule has 1 aromatic heterocycles. The lowest BCUT2D eigenvalue weighted by atomic mass is 10.2. The van der Waals surface area contributed by atoms with Crippen molar-refractivity contribution in [3.63, 3.8) is 0 Å². The smallest absolute Gasteiger partial charge is 0.307 e. The maximum Gasteiger partial charge on any atom is 0.307 e. The van der Waals surface area contributed by atoms with Crippen LogP contribution in [0.15, 0.2) is 28.8 Å². The molecule has 18 heavy (non-hydrogen) atoms. The molecule has 0 amide bonds. The van der Waals surface area contributed by atoms with Crippen molar-refractivity contribution in [3.8, 4) is 11.4 Å². The predicted molar refractivity (Wildman–Crippen MR) is 58.2 cm³/mol. The number of aliphatic carboxylic acids is 1. The average molecular weight is 248 g/mol. The van der Waals surface area contributed by atoms with E-state index in [0.717, 1.165) is 0 Å². The molecule has 6 heteroatoms. The van der Waals surface area contributed by atoms with E-state index in [9.17, 15) is 9.18 Å². The fourth-order valence-electron chi connectivity index (χ4n) is 1.87. The molecule has 0 aliphatic heterocycles. The van der Waals surface area contributed by atoms with Gasteiger partial charge in [0, 0.05) is 5.56 Å². The van der Waals surface area contributed by atoms with Crippen molar-refractivity contribution in [1.82, 2.24) is 10.1 Å². The molecule has 1 fully saturated rings. The number of nitrogens with zero attached hydrogens (tertiary/aromatic N) is 2. The summed E-state index contributed by atoms with van der Waals surface area (Å²) in [5.74, 6) is -1.30. The number of carboxylic acids is 1. The summed E-state index contributed by atoms with van der Waals surface area (Å²) in [6, 6.07) is 5.85. The highest BCUT2D eigenvalue weighted by molar-refractivity contribution is 5.74. The summed E-state index contributed by atoms with van der Waals surface area (Å²) in [4.78, 5) is 14.8. The van der Waals surface area contributed by atoms with Crippen LogP contribution in [0.1, 0.15) is 18.2 Å². The van der Waals surface area contributed by atoms with Crippen LogP contribution in [0.25, 0.3) is 11.4 Å². The van der Waals surface area contributed by atoms with E-state index in [-0.39, 0.29) is 17.6 Å². The van der Waals surface area contributed by atoms with Crippen molar-refractivity contribution >= 4 is 5.97 Å². The Hall–Kier alpha value is -2.24. The van der Waals surface area contributed by atoms with Crippen LogP contribution < -0.4 is 0 Å². The minimum absolute atomic E-state index is 0.211. The van der Waals surface area contributed by atoms with Crippen LogP contribution >= 0.6 is 0 Å². The molecule has 0 spiro atoms. The first-order chi connectivity index (χ1) is 8.65. The van der Waals surface area contributed by atoms with E-state index >= 15 is 0 Å². The molecular weight excluding hydrogens is 239 g/mol. The van der Waals surface area contributed by atoms with E-state index in [4.69, 9.17) is 9.63 Å². The van der Waals surface area contributed by atoms with Gasteiger partial charge < -0.3 is 9.63 Å². The van der Waals surface area contributed by atoms with Gasteiger partial charge in [0.05, 0.1) is 11.8 Å². The first-order valence-electron chi connectivity index (χ1n) is 5.47. The number of hydrogen-bond acceptors (Lipinski definition) is 4. The van der Waals surface area contributed by atoms with E-state index < -0.39 is 11.9 Å². The molecule has 1 heterocycles. The Kier molecular flexibility index (Phi) is 2.36. The number of rotatable bonds is 3. The zero-order valence-corrected chi connectivity index (χ0v) is 9.21. The number of carboxylic acid groups (broad SMARTS) is 1. The molecule has 2 aromatic rings. The summed E-state index contributed by atoms with van der Waals surface area (Å²) in [5, 5.41) is 12.5. The molecule has 0 radical (unpaired) electrons. The van der Waals surface area contributed by atoms with Gasteiger partial charge >= 0.3 is 5.97 Å². The molecule has 0 saturated heterocycles. The van der Waals surface area contributed by atoms with E-state index in [1.807, 2.05) is 0 Å². The Bertz CT molecular complexity index is 611. The molecule has 1 N–H and O–H groups in total. The molecule has 0 bridgehead atoms. The van der Waals surface area contributed by atoms with Crippen molar-refractivity contribution in [1.29, 1.82) is 0 Å². The lowest BCUT2D eigenvalue weighted by Crippen LogP contribution is -1.98. The number of hydrogen-bond donors (Lipinski definition) is 1. The van der Waals surface area contributed by atoms with E-state index in [2.05, 4.69) is 10.1 Å². The van der Waals surface area contributed by atoms with Crippen LogP contribution in [-0.2, 0) is 4.79 Å². The van der Waals surface area contributed by atoms with Crippen LogP contribution in [0.2, 0.25) is 0 Å². The molecule has 92 valence electrons. The summed E-state index contributed by atoms with van der Waals surface area (Å²) >= 11 is 0. The molecule has 5 nitrogen and oxygen atoms in total. The van der Waals surface area contributed by atoms with Crippen molar-refractivity contribution < 1.29 is 18.8 Å². The van der Waals surface area contributed by atoms with Crippen molar-refractivity contribution in [2.24, 2.45) is 5.92 Å². The Morgan fingerprint density at radius 1 is 1.50 bits per heavy atom. The van der Waals surface area contributed by atoms with E-state index in [1.54, 1.807) is 12.1 Å². The normalized spacial score (nSPS) is 21.8. The third kappa shape index (κ3) is 1.85. The first kappa shape index (κ1) is 10.9. The van der Waals surface area contributed by atoms with Gasteiger partial charge in [0.1, 0.15) is 5.82 Å². The number of aromatic nitrogens is 2. The fraction of sp³-hybridized carbons (Fsp3) is 0.250. The highest BCUT2D eigenvalue weighted by Gasteiger charge is 2.48. The second kappa shape index (κ2) is 3.90. The Balaban J connectivity index is 1.84. The van der Waals surface area contributed by atoms with Crippen LogP contribution in [0.4, 0.5) is 4.39 Å². The molecule has 1 aliphatic carbocycles. The van der Waals surface area contributed by atoms with Crippen molar-refractivity contribution in [2.75, 3.05) is 0 Å². The Morgan fingerprint density at radius 3 is 3.00 bits per heavy atom. The lowest BCUT2D eigenvalue weighted by molar-refractivity contribution is -0.138. The quantitative estimate of drug-likeness (QED) is 0.899. The molecule has 1 aromatic carbocycles. The zero-order chi connectivity index (χ0) is 12.7. The van der Waals surface area contributed by atoms with Gasteiger partial charge in [-0.2, -0.15) is 4.98 Å². The van der Waals surface area contributed by atoms with Gasteiger partial charge in [-0.3, -0.25) is 4.79 Å². The Labute approximate surface area is 101 Å². The van der Waals surface area contributed by atoms with Crippen molar-refractivity contribution in [2.45, 2.75) is 12.3 Å². The average Bonchev–Trinajstić information content (AvgIpc) is 3.00. The minimum Gasteiger partial charge on any atom is -0.481 e. The molecule has 1 aliphatic rings. The van der Waals surface area contributed by atoms with E-state index in [0.29, 0.717) is 17.9 Å². The summed E-state index contributed by atoms with van der Waals surface area (Å²) in [6.45, 7) is 0. The SMILES string of the molecule is O=C(O)C1CC1c1nc(-c2cccc(F)c2)no1. The van der Waals surface area contributed by atoms with Gasteiger partial charge in [0.25, 0.3) is 0 Å². The highest BCUT2D eigenvalue weighted by Crippen LogP contribution is 2.47. The largest absolute Gasteiger partial charge is 0.481 e. The molecule has 2 atom stereocenters. The maximum atomic E-state index is 13.0. The molecular formula is C12H9FN2O3. The summed E-state index contributed by atoms with van der Waals surface area (Å²) in [5.41, 5.74) is 0.512. The van der Waals surface area contributed by atoms with Gasteiger partial charge in [-0.1, -0.05) is 17.3 Å². The number of benzene rings is 1. The van der Waals surface area contributed by atoms with Gasteiger partial charge in [0.15, 0.2) is 0 Å². The standard InChI is InChI=1S/C12H9FN2O3/c13-7-3-1-2-6(4-7)10-14-11(18-15-10)8-5-9(8)12(16)17/h1-4,8-9H,5H2,(H,16,17).